The first-order valence-electron chi connectivity index (χ1n) is 4.67. The Bertz CT molecular complexity index is 372. The van der Waals surface area contributed by atoms with Crippen LogP contribution in [0.25, 0.3) is 0 Å². The van der Waals surface area contributed by atoms with Gasteiger partial charge in [0.2, 0.25) is 5.91 Å². The van der Waals surface area contributed by atoms with E-state index >= 15 is 0 Å². The molecule has 1 heterocycles. The van der Waals surface area contributed by atoms with E-state index in [2.05, 4.69) is 10.3 Å². The number of hydrogen-bond acceptors (Lipinski definition) is 3. The number of aliphatic hydroxyl groups is 1. The molecule has 88 valence electrons. The summed E-state index contributed by atoms with van der Waals surface area (Å²) in [4.78, 5) is 14.5. The molecule has 0 bridgehead atoms. The normalized spacial score (nSPS) is 12.6. The first-order valence-corrected chi connectivity index (χ1v) is 4.67. The van der Waals surface area contributed by atoms with E-state index in [-0.39, 0.29) is 23.9 Å². The van der Waals surface area contributed by atoms with E-state index < -0.39 is 12.5 Å². The Morgan fingerprint density at radius 1 is 1.50 bits per heavy atom. The fourth-order valence-electron chi connectivity index (χ4n) is 1.24. The number of halogens is 2. The van der Waals surface area contributed by atoms with Gasteiger partial charge < -0.3 is 10.4 Å². The van der Waals surface area contributed by atoms with E-state index in [0.29, 0.717) is 0 Å². The number of carbonyl (C=O) groups excluding carboxylic acids is 1. The van der Waals surface area contributed by atoms with E-state index in [1.54, 1.807) is 0 Å². The second kappa shape index (κ2) is 5.50. The van der Waals surface area contributed by atoms with Crippen LogP contribution in [0.15, 0.2) is 18.2 Å². The van der Waals surface area contributed by atoms with Crippen LogP contribution in [-0.4, -0.2) is 22.6 Å². The summed E-state index contributed by atoms with van der Waals surface area (Å²) in [5.74, 6) is -0.358. The van der Waals surface area contributed by atoms with Crippen LogP contribution in [-0.2, 0) is 4.79 Å². The van der Waals surface area contributed by atoms with Crippen LogP contribution < -0.4 is 5.32 Å². The lowest BCUT2D eigenvalue weighted by molar-refractivity contribution is -0.120. The van der Waals surface area contributed by atoms with Crippen LogP contribution in [0.5, 0.6) is 0 Å². The van der Waals surface area contributed by atoms with E-state index in [4.69, 9.17) is 5.11 Å². The predicted octanol–water partition coefficient (Wildman–Crippen LogP) is 1.19. The highest BCUT2D eigenvalue weighted by Gasteiger charge is 2.15. The molecule has 2 N–H and O–H groups in total. The van der Waals surface area contributed by atoms with Crippen molar-refractivity contribution < 1.29 is 18.7 Å². The van der Waals surface area contributed by atoms with E-state index in [9.17, 15) is 13.6 Å². The maximum absolute atomic E-state index is 12.4. The average molecular weight is 230 g/mol. The van der Waals surface area contributed by atoms with Gasteiger partial charge in [0, 0.05) is 6.92 Å². The summed E-state index contributed by atoms with van der Waals surface area (Å²) in [5, 5.41) is 11.4. The van der Waals surface area contributed by atoms with Crippen molar-refractivity contribution in [2.75, 3.05) is 6.61 Å². The molecule has 0 fully saturated rings. The molecule has 1 rings (SSSR count). The number of rotatable bonds is 4. The molecule has 0 saturated carbocycles. The van der Waals surface area contributed by atoms with E-state index in [1.165, 1.54) is 25.1 Å². The van der Waals surface area contributed by atoms with Crippen LogP contribution in [0.3, 0.4) is 0 Å². The third-order valence-electron chi connectivity index (χ3n) is 1.93. The lowest BCUT2D eigenvalue weighted by Gasteiger charge is -2.15. The number of pyridine rings is 1. The molecule has 1 aromatic heterocycles. The number of amides is 1. The molecular formula is C10H12F2N2O2. The molecule has 16 heavy (non-hydrogen) atoms. The van der Waals surface area contributed by atoms with Gasteiger partial charge in [0.05, 0.1) is 18.3 Å². The van der Waals surface area contributed by atoms with Crippen LogP contribution in [0, 0.1) is 0 Å². The lowest BCUT2D eigenvalue weighted by atomic mass is 10.2. The Labute approximate surface area is 91.3 Å². The topological polar surface area (TPSA) is 62.2 Å². The molecule has 1 atom stereocenters. The number of nitrogens with zero attached hydrogens (tertiary/aromatic N) is 1. The van der Waals surface area contributed by atoms with Crippen molar-refractivity contribution in [3.8, 4) is 0 Å². The van der Waals surface area contributed by atoms with Gasteiger partial charge in [0.15, 0.2) is 0 Å². The largest absolute Gasteiger partial charge is 0.394 e. The maximum Gasteiger partial charge on any atom is 0.280 e. The van der Waals surface area contributed by atoms with Gasteiger partial charge in [-0.25, -0.2) is 13.8 Å². The summed E-state index contributed by atoms with van der Waals surface area (Å²) in [5.41, 5.74) is -0.156. The molecule has 0 radical (unpaired) electrons. The summed E-state index contributed by atoms with van der Waals surface area (Å²) in [6, 6.07) is 3.32. The minimum atomic E-state index is -2.67. The van der Waals surface area contributed by atoms with Gasteiger partial charge in [-0.2, -0.15) is 0 Å². The Balaban J connectivity index is 2.92. The second-order valence-electron chi connectivity index (χ2n) is 3.22. The molecular weight excluding hydrogens is 218 g/mol. The third-order valence-corrected chi connectivity index (χ3v) is 1.93. The zero-order valence-electron chi connectivity index (χ0n) is 8.65. The first kappa shape index (κ1) is 12.5. The van der Waals surface area contributed by atoms with Gasteiger partial charge in [0.25, 0.3) is 6.43 Å². The Morgan fingerprint density at radius 2 is 2.12 bits per heavy atom. The SMILES string of the molecule is CC(=O)N[C@H](CO)c1cccc(C(F)F)n1. The Kier molecular flexibility index (Phi) is 4.30. The van der Waals surface area contributed by atoms with Gasteiger partial charge >= 0.3 is 0 Å². The summed E-state index contributed by atoms with van der Waals surface area (Å²) in [6.07, 6.45) is -2.67. The monoisotopic (exact) mass is 230 g/mol. The van der Waals surface area contributed by atoms with Crippen molar-refractivity contribution in [2.45, 2.75) is 19.4 Å². The van der Waals surface area contributed by atoms with Crippen LogP contribution >= 0.6 is 0 Å². The number of aliphatic hydroxyl groups excluding tert-OH is 1. The number of nitrogens with one attached hydrogen (secondary N) is 1. The highest BCUT2D eigenvalue weighted by molar-refractivity contribution is 5.73. The van der Waals surface area contributed by atoms with Crippen molar-refractivity contribution in [3.63, 3.8) is 0 Å². The van der Waals surface area contributed by atoms with Crippen molar-refractivity contribution in [1.82, 2.24) is 10.3 Å². The van der Waals surface area contributed by atoms with Gasteiger partial charge in [-0.15, -0.1) is 0 Å². The van der Waals surface area contributed by atoms with Crippen molar-refractivity contribution in [3.05, 3.63) is 29.6 Å². The molecule has 4 nitrogen and oxygen atoms in total. The average Bonchev–Trinajstić information content (AvgIpc) is 2.25. The molecule has 0 aliphatic carbocycles. The van der Waals surface area contributed by atoms with E-state index in [0.717, 1.165) is 0 Å². The zero-order valence-corrected chi connectivity index (χ0v) is 8.65. The molecule has 0 aliphatic rings. The van der Waals surface area contributed by atoms with Crippen LogP contribution in [0.2, 0.25) is 0 Å². The highest BCUT2D eigenvalue weighted by Crippen LogP contribution is 2.18. The molecule has 0 unspecified atom stereocenters. The standard InChI is InChI=1S/C10H12F2N2O2/c1-6(16)13-9(5-15)7-3-2-4-8(14-7)10(11)12/h2-4,9-10,15H,5H2,1H3,(H,13,16)/t9-/m1/s1. The van der Waals surface area contributed by atoms with Crippen molar-refractivity contribution >= 4 is 5.91 Å². The maximum atomic E-state index is 12.4. The fourth-order valence-corrected chi connectivity index (χ4v) is 1.24. The van der Waals surface area contributed by atoms with Gasteiger partial charge in [0.1, 0.15) is 5.69 Å². The molecule has 1 amide bonds. The third kappa shape index (κ3) is 3.23. The quantitative estimate of drug-likeness (QED) is 0.816. The van der Waals surface area contributed by atoms with Gasteiger partial charge in [-0.3, -0.25) is 4.79 Å². The summed E-state index contributed by atoms with van der Waals surface area (Å²) < 4.78 is 24.7. The lowest BCUT2D eigenvalue weighted by Crippen LogP contribution is -2.29. The summed E-state index contributed by atoms with van der Waals surface area (Å²) in [6.45, 7) is 0.888. The number of hydrogen-bond donors (Lipinski definition) is 2. The van der Waals surface area contributed by atoms with Crippen molar-refractivity contribution in [1.29, 1.82) is 0 Å². The van der Waals surface area contributed by atoms with Gasteiger partial charge in [-0.05, 0) is 12.1 Å². The minimum absolute atomic E-state index is 0.218. The molecule has 0 aromatic carbocycles. The second-order valence-corrected chi connectivity index (χ2v) is 3.22. The van der Waals surface area contributed by atoms with Crippen LogP contribution in [0.4, 0.5) is 8.78 Å². The highest BCUT2D eigenvalue weighted by atomic mass is 19.3. The molecule has 1 aromatic rings. The minimum Gasteiger partial charge on any atom is -0.394 e. The molecule has 6 heteroatoms. The molecule has 0 saturated heterocycles. The summed E-state index contributed by atoms with van der Waals surface area (Å²) in [7, 11) is 0. The van der Waals surface area contributed by atoms with E-state index in [1.807, 2.05) is 0 Å². The van der Waals surface area contributed by atoms with Crippen LogP contribution in [0.1, 0.15) is 30.8 Å². The predicted molar refractivity (Wildman–Crippen MR) is 52.8 cm³/mol. The fraction of sp³-hybridized carbons (Fsp3) is 0.400. The Hall–Kier alpha value is -1.56. The number of aromatic nitrogens is 1. The van der Waals surface area contributed by atoms with Gasteiger partial charge in [-0.1, -0.05) is 6.07 Å². The number of alkyl halides is 2. The Morgan fingerprint density at radius 3 is 2.62 bits per heavy atom. The zero-order chi connectivity index (χ0) is 12.1. The first-order chi connectivity index (χ1) is 7.54. The number of carbonyl (C=O) groups is 1. The summed E-state index contributed by atoms with van der Waals surface area (Å²) >= 11 is 0. The smallest absolute Gasteiger partial charge is 0.280 e. The molecule has 0 spiro atoms. The molecule has 0 aliphatic heterocycles. The van der Waals surface area contributed by atoms with Crippen molar-refractivity contribution in [2.24, 2.45) is 0 Å².